The first-order valence-electron chi connectivity index (χ1n) is 8.13. The normalized spacial score (nSPS) is 18.2. The zero-order chi connectivity index (χ0) is 14.8. The standard InChI is InChI=1S/C16H29NO3/c1-2-13(9-10-15(18)19)11-12-17-16(20)14-7-5-3-4-6-8-14/h13-14H,2-12H2,1H3,(H,17,20)(H,18,19). The fraction of sp³-hybridized carbons (Fsp3) is 0.875. The molecule has 0 aromatic carbocycles. The van der Waals surface area contributed by atoms with E-state index in [0.29, 0.717) is 18.9 Å². The Hall–Kier alpha value is -1.06. The van der Waals surface area contributed by atoms with E-state index in [1.165, 1.54) is 25.7 Å². The van der Waals surface area contributed by atoms with Gasteiger partial charge in [0, 0.05) is 18.9 Å². The summed E-state index contributed by atoms with van der Waals surface area (Å²) in [7, 11) is 0. The number of aliphatic carboxylic acids is 1. The predicted molar refractivity (Wildman–Crippen MR) is 79.5 cm³/mol. The van der Waals surface area contributed by atoms with E-state index in [1.54, 1.807) is 0 Å². The van der Waals surface area contributed by atoms with Crippen LogP contribution in [0.4, 0.5) is 0 Å². The smallest absolute Gasteiger partial charge is 0.303 e. The number of carboxylic acid groups (broad SMARTS) is 1. The van der Waals surface area contributed by atoms with Crippen LogP contribution in [0, 0.1) is 11.8 Å². The number of hydrogen-bond acceptors (Lipinski definition) is 2. The highest BCUT2D eigenvalue weighted by molar-refractivity contribution is 5.78. The summed E-state index contributed by atoms with van der Waals surface area (Å²) < 4.78 is 0. The topological polar surface area (TPSA) is 66.4 Å². The van der Waals surface area contributed by atoms with Gasteiger partial charge in [0.05, 0.1) is 0 Å². The third kappa shape index (κ3) is 6.92. The zero-order valence-corrected chi connectivity index (χ0v) is 12.7. The van der Waals surface area contributed by atoms with Gasteiger partial charge in [-0.05, 0) is 31.6 Å². The molecule has 116 valence electrons. The van der Waals surface area contributed by atoms with Crippen LogP contribution in [0.1, 0.15) is 71.1 Å². The molecule has 0 heterocycles. The van der Waals surface area contributed by atoms with E-state index in [2.05, 4.69) is 12.2 Å². The van der Waals surface area contributed by atoms with Crippen LogP contribution in [0.5, 0.6) is 0 Å². The average molecular weight is 283 g/mol. The molecule has 4 heteroatoms. The van der Waals surface area contributed by atoms with E-state index in [4.69, 9.17) is 5.11 Å². The maximum absolute atomic E-state index is 12.1. The lowest BCUT2D eigenvalue weighted by atomic mass is 9.96. The predicted octanol–water partition coefficient (Wildman–Crippen LogP) is 3.35. The summed E-state index contributed by atoms with van der Waals surface area (Å²) >= 11 is 0. The van der Waals surface area contributed by atoms with Crippen molar-refractivity contribution in [3.05, 3.63) is 0 Å². The largest absolute Gasteiger partial charge is 0.481 e. The minimum absolute atomic E-state index is 0.205. The summed E-state index contributed by atoms with van der Waals surface area (Å²) in [6, 6.07) is 0. The lowest BCUT2D eigenvalue weighted by molar-refractivity contribution is -0.137. The molecular formula is C16H29NO3. The summed E-state index contributed by atoms with van der Waals surface area (Å²) in [5.74, 6) is 0.0862. The minimum atomic E-state index is -0.731. The lowest BCUT2D eigenvalue weighted by Gasteiger charge is -2.17. The van der Waals surface area contributed by atoms with Crippen molar-refractivity contribution >= 4 is 11.9 Å². The molecule has 1 atom stereocenters. The van der Waals surface area contributed by atoms with Crippen molar-refractivity contribution < 1.29 is 14.7 Å². The molecule has 0 aliphatic heterocycles. The molecule has 1 saturated carbocycles. The first kappa shape index (κ1) is 17.0. The average Bonchev–Trinajstić information content (AvgIpc) is 2.71. The molecule has 0 saturated heterocycles. The Morgan fingerprint density at radius 1 is 1.15 bits per heavy atom. The number of hydrogen-bond donors (Lipinski definition) is 2. The van der Waals surface area contributed by atoms with Gasteiger partial charge in [-0.1, -0.05) is 39.0 Å². The number of nitrogens with one attached hydrogen (secondary N) is 1. The van der Waals surface area contributed by atoms with Gasteiger partial charge in [-0.25, -0.2) is 0 Å². The van der Waals surface area contributed by atoms with Crippen LogP contribution in [0.3, 0.4) is 0 Å². The van der Waals surface area contributed by atoms with E-state index in [0.717, 1.165) is 25.7 Å². The Labute approximate surface area is 122 Å². The van der Waals surface area contributed by atoms with Gasteiger partial charge in [0.15, 0.2) is 0 Å². The first-order chi connectivity index (χ1) is 9.63. The van der Waals surface area contributed by atoms with Crippen LogP contribution in [0.2, 0.25) is 0 Å². The number of carbonyl (C=O) groups is 2. The summed E-state index contributed by atoms with van der Waals surface area (Å²) in [5.41, 5.74) is 0. The summed E-state index contributed by atoms with van der Waals surface area (Å²) in [6.45, 7) is 2.77. The van der Waals surface area contributed by atoms with Crippen LogP contribution in [0.15, 0.2) is 0 Å². The van der Waals surface area contributed by atoms with Crippen LogP contribution in [0.25, 0.3) is 0 Å². The van der Waals surface area contributed by atoms with Crippen molar-refractivity contribution in [2.75, 3.05) is 6.54 Å². The molecule has 2 N–H and O–H groups in total. The van der Waals surface area contributed by atoms with E-state index in [-0.39, 0.29) is 18.2 Å². The third-order valence-corrected chi connectivity index (χ3v) is 4.42. The van der Waals surface area contributed by atoms with E-state index >= 15 is 0 Å². The second-order valence-corrected chi connectivity index (χ2v) is 5.97. The first-order valence-corrected chi connectivity index (χ1v) is 8.13. The van der Waals surface area contributed by atoms with Gasteiger partial charge < -0.3 is 10.4 Å². The van der Waals surface area contributed by atoms with Gasteiger partial charge in [0.2, 0.25) is 5.91 Å². The van der Waals surface area contributed by atoms with Crippen molar-refractivity contribution in [3.63, 3.8) is 0 Å². The Morgan fingerprint density at radius 3 is 2.35 bits per heavy atom. The van der Waals surface area contributed by atoms with Crippen molar-refractivity contribution in [2.45, 2.75) is 71.1 Å². The SMILES string of the molecule is CCC(CCNC(=O)C1CCCCCC1)CCC(=O)O. The fourth-order valence-electron chi connectivity index (χ4n) is 2.97. The van der Waals surface area contributed by atoms with Crippen molar-refractivity contribution in [1.29, 1.82) is 0 Å². The monoisotopic (exact) mass is 283 g/mol. The number of rotatable bonds is 8. The van der Waals surface area contributed by atoms with Gasteiger partial charge in [0.1, 0.15) is 0 Å². The molecule has 0 spiro atoms. The number of amides is 1. The van der Waals surface area contributed by atoms with Gasteiger partial charge in [0.25, 0.3) is 0 Å². The highest BCUT2D eigenvalue weighted by Gasteiger charge is 2.19. The Morgan fingerprint density at radius 2 is 1.80 bits per heavy atom. The minimum Gasteiger partial charge on any atom is -0.481 e. The van der Waals surface area contributed by atoms with Gasteiger partial charge in [-0.3, -0.25) is 9.59 Å². The molecule has 0 aromatic rings. The van der Waals surface area contributed by atoms with E-state index < -0.39 is 5.97 Å². The van der Waals surface area contributed by atoms with Crippen LogP contribution < -0.4 is 5.32 Å². The maximum atomic E-state index is 12.1. The molecule has 20 heavy (non-hydrogen) atoms. The highest BCUT2D eigenvalue weighted by Crippen LogP contribution is 2.23. The molecule has 0 bridgehead atoms. The Bertz CT molecular complexity index is 296. The second-order valence-electron chi connectivity index (χ2n) is 5.97. The summed E-state index contributed by atoms with van der Waals surface area (Å²) in [6.07, 6.45) is 9.75. The number of carboxylic acids is 1. The fourth-order valence-corrected chi connectivity index (χ4v) is 2.97. The van der Waals surface area contributed by atoms with Crippen LogP contribution >= 0.6 is 0 Å². The van der Waals surface area contributed by atoms with E-state index in [9.17, 15) is 9.59 Å². The van der Waals surface area contributed by atoms with Crippen LogP contribution in [-0.2, 0) is 9.59 Å². The number of carbonyl (C=O) groups excluding carboxylic acids is 1. The van der Waals surface area contributed by atoms with Gasteiger partial charge in [-0.2, -0.15) is 0 Å². The van der Waals surface area contributed by atoms with Gasteiger partial charge in [-0.15, -0.1) is 0 Å². The highest BCUT2D eigenvalue weighted by atomic mass is 16.4. The Kier molecular flexibility index (Phi) is 8.31. The molecule has 1 fully saturated rings. The second kappa shape index (κ2) is 9.78. The Balaban J connectivity index is 2.20. The van der Waals surface area contributed by atoms with Crippen LogP contribution in [-0.4, -0.2) is 23.5 Å². The molecule has 4 nitrogen and oxygen atoms in total. The molecule has 1 aliphatic rings. The molecule has 1 amide bonds. The zero-order valence-electron chi connectivity index (χ0n) is 12.7. The molecular weight excluding hydrogens is 254 g/mol. The third-order valence-electron chi connectivity index (χ3n) is 4.42. The molecule has 1 unspecified atom stereocenters. The van der Waals surface area contributed by atoms with Gasteiger partial charge >= 0.3 is 5.97 Å². The summed E-state index contributed by atoms with van der Waals surface area (Å²) in [4.78, 5) is 22.7. The van der Waals surface area contributed by atoms with Crippen molar-refractivity contribution in [3.8, 4) is 0 Å². The van der Waals surface area contributed by atoms with Crippen molar-refractivity contribution in [2.24, 2.45) is 11.8 Å². The molecule has 0 radical (unpaired) electrons. The molecule has 0 aromatic heterocycles. The molecule has 1 rings (SSSR count). The molecule has 1 aliphatic carbocycles. The lowest BCUT2D eigenvalue weighted by Crippen LogP contribution is -2.32. The summed E-state index contributed by atoms with van der Waals surface area (Å²) in [5, 5.41) is 11.7. The van der Waals surface area contributed by atoms with Crippen molar-refractivity contribution in [1.82, 2.24) is 5.32 Å². The maximum Gasteiger partial charge on any atom is 0.303 e. The quantitative estimate of drug-likeness (QED) is 0.671. The van der Waals surface area contributed by atoms with E-state index in [1.807, 2.05) is 0 Å².